The number of carboxylic acid groups (broad SMARTS) is 1. The summed E-state index contributed by atoms with van der Waals surface area (Å²) in [4.78, 5) is 35.0. The van der Waals surface area contributed by atoms with Crippen LogP contribution in [0.2, 0.25) is 0 Å². The summed E-state index contributed by atoms with van der Waals surface area (Å²) >= 11 is 0. The Morgan fingerprint density at radius 2 is 1.76 bits per heavy atom. The molecule has 0 heterocycles. The monoisotopic (exact) mass is 351 g/mol. The number of ether oxygens (including phenoxy) is 2. The average Bonchev–Trinajstić information content (AvgIpc) is 2.51. The van der Waals surface area contributed by atoms with Crippen LogP contribution < -0.4 is 10.1 Å². The van der Waals surface area contributed by atoms with Crippen LogP contribution >= 0.6 is 0 Å². The first-order chi connectivity index (χ1) is 11.6. The van der Waals surface area contributed by atoms with E-state index in [1.165, 1.54) is 0 Å². The number of carbonyl (C=O) groups excluding carboxylic acids is 2. The summed E-state index contributed by atoms with van der Waals surface area (Å²) in [5, 5.41) is 11.4. The number of benzene rings is 1. The number of hydrogen-bond donors (Lipinski definition) is 2. The molecule has 1 unspecified atom stereocenters. The van der Waals surface area contributed by atoms with Crippen LogP contribution in [0, 0.1) is 0 Å². The van der Waals surface area contributed by atoms with Crippen molar-refractivity contribution in [1.82, 2.24) is 5.32 Å². The zero-order chi connectivity index (χ0) is 19.0. The van der Waals surface area contributed by atoms with Crippen LogP contribution in [0.25, 0.3) is 0 Å². The maximum atomic E-state index is 12.0. The predicted octanol–water partition coefficient (Wildman–Crippen LogP) is 2.56. The lowest BCUT2D eigenvalue weighted by molar-refractivity contribution is -0.141. The number of rotatable bonds is 8. The van der Waals surface area contributed by atoms with Crippen molar-refractivity contribution in [1.29, 1.82) is 0 Å². The SMILES string of the molecule is COc1ccc(CCC(=O)CC(NC(=O)OC(C)(C)C)C(=O)O)cc1. The van der Waals surface area contributed by atoms with Crippen LogP contribution in [0.1, 0.15) is 39.2 Å². The summed E-state index contributed by atoms with van der Waals surface area (Å²) < 4.78 is 10.1. The summed E-state index contributed by atoms with van der Waals surface area (Å²) in [6.07, 6.45) is -0.471. The van der Waals surface area contributed by atoms with E-state index < -0.39 is 23.7 Å². The normalized spacial score (nSPS) is 12.2. The van der Waals surface area contributed by atoms with Crippen LogP contribution in [0.5, 0.6) is 5.75 Å². The number of amides is 1. The Kier molecular flexibility index (Phi) is 7.42. The molecule has 1 aromatic carbocycles. The van der Waals surface area contributed by atoms with Gasteiger partial charge in [0.15, 0.2) is 0 Å². The average molecular weight is 351 g/mol. The number of carboxylic acids is 1. The summed E-state index contributed by atoms with van der Waals surface area (Å²) in [6.45, 7) is 5.01. The molecule has 0 aliphatic rings. The number of nitrogens with one attached hydrogen (secondary N) is 1. The van der Waals surface area contributed by atoms with E-state index >= 15 is 0 Å². The van der Waals surface area contributed by atoms with Crippen molar-refractivity contribution >= 4 is 17.8 Å². The van der Waals surface area contributed by atoms with Gasteiger partial charge < -0.3 is 19.9 Å². The molecule has 1 aromatic rings. The van der Waals surface area contributed by atoms with Gasteiger partial charge in [-0.15, -0.1) is 0 Å². The number of Topliss-reactive ketones (excluding diaryl/α,β-unsaturated/α-hetero) is 1. The minimum absolute atomic E-state index is 0.187. The summed E-state index contributed by atoms with van der Waals surface area (Å²) in [7, 11) is 1.57. The topological polar surface area (TPSA) is 102 Å². The van der Waals surface area contributed by atoms with E-state index in [1.807, 2.05) is 12.1 Å². The molecule has 0 aromatic heterocycles. The highest BCUT2D eigenvalue weighted by molar-refractivity contribution is 5.88. The van der Waals surface area contributed by atoms with Gasteiger partial charge in [-0.3, -0.25) is 4.79 Å². The lowest BCUT2D eigenvalue weighted by Crippen LogP contribution is -2.44. The molecule has 0 fully saturated rings. The fourth-order valence-electron chi connectivity index (χ4n) is 2.06. The second kappa shape index (κ2) is 9.05. The highest BCUT2D eigenvalue weighted by Gasteiger charge is 2.25. The van der Waals surface area contributed by atoms with Crippen molar-refractivity contribution in [3.05, 3.63) is 29.8 Å². The smallest absolute Gasteiger partial charge is 0.408 e. The second-order valence-corrected chi connectivity index (χ2v) is 6.63. The minimum Gasteiger partial charge on any atom is -0.497 e. The highest BCUT2D eigenvalue weighted by atomic mass is 16.6. The predicted molar refractivity (Wildman–Crippen MR) is 91.7 cm³/mol. The van der Waals surface area contributed by atoms with Crippen molar-refractivity contribution in [3.63, 3.8) is 0 Å². The van der Waals surface area contributed by atoms with E-state index in [4.69, 9.17) is 9.47 Å². The molecule has 0 radical (unpaired) electrons. The molecular formula is C18H25NO6. The first kappa shape index (κ1) is 20.5. The van der Waals surface area contributed by atoms with Crippen molar-refractivity contribution in [3.8, 4) is 5.75 Å². The number of aliphatic carboxylic acids is 1. The molecule has 7 nitrogen and oxygen atoms in total. The van der Waals surface area contributed by atoms with Gasteiger partial charge >= 0.3 is 12.1 Å². The number of methoxy groups -OCH3 is 1. The molecule has 0 aliphatic carbocycles. The van der Waals surface area contributed by atoms with Crippen LogP contribution in [0.15, 0.2) is 24.3 Å². The van der Waals surface area contributed by atoms with Crippen molar-refractivity contribution < 1.29 is 29.0 Å². The van der Waals surface area contributed by atoms with Gasteiger partial charge in [-0.2, -0.15) is 0 Å². The Hall–Kier alpha value is -2.57. The van der Waals surface area contributed by atoms with Gasteiger partial charge in [-0.05, 0) is 44.9 Å². The summed E-state index contributed by atoms with van der Waals surface area (Å²) in [6, 6.07) is 5.98. The molecule has 1 amide bonds. The van der Waals surface area contributed by atoms with Crippen LogP contribution in [-0.2, 0) is 20.7 Å². The van der Waals surface area contributed by atoms with Crippen LogP contribution in [-0.4, -0.2) is 41.7 Å². The number of carbonyl (C=O) groups is 3. The Balaban J connectivity index is 2.52. The number of alkyl carbamates (subject to hydrolysis) is 1. The standard InChI is InChI=1S/C18H25NO6/c1-18(2,3)25-17(23)19-15(16(21)22)11-13(20)8-5-12-6-9-14(24-4)10-7-12/h6-7,9-10,15H,5,8,11H2,1-4H3,(H,19,23)(H,21,22). The molecule has 0 aliphatic heterocycles. The zero-order valence-corrected chi connectivity index (χ0v) is 15.0. The van der Waals surface area contributed by atoms with E-state index in [0.29, 0.717) is 6.42 Å². The van der Waals surface area contributed by atoms with Gasteiger partial charge in [-0.25, -0.2) is 9.59 Å². The molecule has 0 saturated carbocycles. The number of aryl methyl sites for hydroxylation is 1. The molecule has 7 heteroatoms. The van der Waals surface area contributed by atoms with Gasteiger partial charge in [0.25, 0.3) is 0 Å². The van der Waals surface area contributed by atoms with Crippen molar-refractivity contribution in [2.75, 3.05) is 7.11 Å². The van der Waals surface area contributed by atoms with Crippen LogP contribution in [0.3, 0.4) is 0 Å². The molecule has 0 spiro atoms. The summed E-state index contributed by atoms with van der Waals surface area (Å²) in [5.41, 5.74) is 0.201. The van der Waals surface area contributed by atoms with E-state index in [0.717, 1.165) is 11.3 Å². The zero-order valence-electron chi connectivity index (χ0n) is 15.0. The molecular weight excluding hydrogens is 326 g/mol. The second-order valence-electron chi connectivity index (χ2n) is 6.63. The quantitative estimate of drug-likeness (QED) is 0.746. The summed E-state index contributed by atoms with van der Waals surface area (Å²) in [5.74, 6) is -0.800. The third-order valence-electron chi connectivity index (χ3n) is 3.27. The Morgan fingerprint density at radius 3 is 2.24 bits per heavy atom. The lowest BCUT2D eigenvalue weighted by atomic mass is 10.0. The van der Waals surface area contributed by atoms with Crippen molar-refractivity contribution in [2.45, 2.75) is 51.7 Å². The number of hydrogen-bond acceptors (Lipinski definition) is 5. The maximum Gasteiger partial charge on any atom is 0.408 e. The van der Waals surface area contributed by atoms with E-state index in [-0.39, 0.29) is 18.6 Å². The van der Waals surface area contributed by atoms with E-state index in [9.17, 15) is 19.5 Å². The Morgan fingerprint density at radius 1 is 1.16 bits per heavy atom. The molecule has 1 rings (SSSR count). The van der Waals surface area contributed by atoms with Crippen LogP contribution in [0.4, 0.5) is 4.79 Å². The molecule has 0 saturated heterocycles. The fraction of sp³-hybridized carbons (Fsp3) is 0.500. The largest absolute Gasteiger partial charge is 0.497 e. The highest BCUT2D eigenvalue weighted by Crippen LogP contribution is 2.13. The molecule has 0 bridgehead atoms. The first-order valence-electron chi connectivity index (χ1n) is 7.97. The third kappa shape index (κ3) is 8.19. The lowest BCUT2D eigenvalue weighted by Gasteiger charge is -2.21. The first-order valence-corrected chi connectivity index (χ1v) is 7.97. The molecule has 1 atom stereocenters. The minimum atomic E-state index is -1.31. The van der Waals surface area contributed by atoms with Gasteiger partial charge in [0.05, 0.1) is 7.11 Å². The third-order valence-corrected chi connectivity index (χ3v) is 3.27. The Bertz CT molecular complexity index is 603. The molecule has 138 valence electrons. The van der Waals surface area contributed by atoms with Crippen molar-refractivity contribution in [2.24, 2.45) is 0 Å². The van der Waals surface area contributed by atoms with E-state index in [2.05, 4.69) is 5.32 Å². The van der Waals surface area contributed by atoms with Gasteiger partial charge in [0.1, 0.15) is 23.2 Å². The maximum absolute atomic E-state index is 12.0. The fourth-order valence-corrected chi connectivity index (χ4v) is 2.06. The van der Waals surface area contributed by atoms with E-state index in [1.54, 1.807) is 40.0 Å². The van der Waals surface area contributed by atoms with Gasteiger partial charge in [-0.1, -0.05) is 12.1 Å². The van der Waals surface area contributed by atoms with Gasteiger partial charge in [0.2, 0.25) is 0 Å². The number of ketones is 1. The van der Waals surface area contributed by atoms with Gasteiger partial charge in [0, 0.05) is 12.8 Å². The Labute approximate surface area is 147 Å². The molecule has 2 N–H and O–H groups in total. The molecule has 25 heavy (non-hydrogen) atoms.